The van der Waals surface area contributed by atoms with Gasteiger partial charge in [0.05, 0.1) is 27.7 Å². The van der Waals surface area contributed by atoms with Gasteiger partial charge in [-0.25, -0.2) is 13.4 Å². The van der Waals surface area contributed by atoms with Crippen LogP contribution in [0.1, 0.15) is 16.3 Å². The van der Waals surface area contributed by atoms with E-state index < -0.39 is 9.84 Å². The van der Waals surface area contributed by atoms with Gasteiger partial charge in [-0.15, -0.1) is 11.3 Å². The average molecular weight is 451 g/mol. The molecule has 0 saturated carbocycles. The number of thiazole rings is 1. The summed E-state index contributed by atoms with van der Waals surface area (Å²) in [6.45, 7) is 2.32. The fourth-order valence-electron chi connectivity index (χ4n) is 2.47. The zero-order chi connectivity index (χ0) is 21.0. The number of benzene rings is 2. The first-order chi connectivity index (χ1) is 13.7. The number of halogens is 1. The second-order valence-corrected chi connectivity index (χ2v) is 9.84. The number of rotatable bonds is 7. The van der Waals surface area contributed by atoms with E-state index in [1.54, 1.807) is 5.38 Å². The van der Waals surface area contributed by atoms with Gasteiger partial charge in [0.25, 0.3) is 0 Å². The summed E-state index contributed by atoms with van der Waals surface area (Å²) in [6.07, 6.45) is 1.14. The lowest BCUT2D eigenvalue weighted by molar-refractivity contribution is -0.115. The molecule has 2 aromatic carbocycles. The molecule has 3 rings (SSSR count). The molecular weight excluding hydrogens is 432 g/mol. The van der Waals surface area contributed by atoms with Gasteiger partial charge < -0.3 is 10.1 Å². The average Bonchev–Trinajstić information content (AvgIpc) is 3.09. The zero-order valence-corrected chi connectivity index (χ0v) is 18.2. The molecule has 1 N–H and O–H groups in total. The molecule has 1 heterocycles. The van der Waals surface area contributed by atoms with Gasteiger partial charge in [0.15, 0.2) is 9.84 Å². The number of nitrogens with one attached hydrogen (secondary N) is 1. The number of aromatic nitrogens is 1. The van der Waals surface area contributed by atoms with Crippen molar-refractivity contribution in [3.05, 3.63) is 69.1 Å². The molecule has 29 heavy (non-hydrogen) atoms. The number of anilines is 1. The second-order valence-electron chi connectivity index (χ2n) is 6.47. The number of carbonyl (C=O) groups excluding carboxylic acids is 1. The fraction of sp³-hybridized carbons (Fsp3) is 0.200. The number of nitrogens with zero attached hydrogens (tertiary/aromatic N) is 1. The summed E-state index contributed by atoms with van der Waals surface area (Å²) in [5.41, 5.74) is 2.00. The standard InChI is InChI=1S/C20H19ClN2O4S2/c1-13-3-5-15(6-4-13)27-11-20-22-14(12-28-20)9-19(24)23-18-10-16(29(2,25)26)7-8-17(18)21/h3-8,10,12H,9,11H2,1-2H3,(H,23,24). The maximum atomic E-state index is 12.3. The summed E-state index contributed by atoms with van der Waals surface area (Å²) >= 11 is 7.47. The first-order valence-electron chi connectivity index (χ1n) is 8.63. The summed E-state index contributed by atoms with van der Waals surface area (Å²) < 4.78 is 29.1. The van der Waals surface area contributed by atoms with Crippen LogP contribution in [0.25, 0.3) is 0 Å². The number of sulfone groups is 1. The minimum atomic E-state index is -3.40. The molecule has 9 heteroatoms. The lowest BCUT2D eigenvalue weighted by Crippen LogP contribution is -2.15. The molecule has 0 fully saturated rings. The lowest BCUT2D eigenvalue weighted by Gasteiger charge is -2.08. The number of carbonyl (C=O) groups is 1. The maximum absolute atomic E-state index is 12.3. The molecule has 1 aromatic heterocycles. The molecule has 0 atom stereocenters. The molecule has 6 nitrogen and oxygen atoms in total. The third kappa shape index (κ3) is 6.03. The summed E-state index contributed by atoms with van der Waals surface area (Å²) in [6, 6.07) is 11.9. The van der Waals surface area contributed by atoms with Crippen molar-refractivity contribution in [2.75, 3.05) is 11.6 Å². The minimum absolute atomic E-state index is 0.0421. The van der Waals surface area contributed by atoms with Crippen molar-refractivity contribution < 1.29 is 17.9 Å². The van der Waals surface area contributed by atoms with Crippen LogP contribution in [0.5, 0.6) is 5.75 Å². The highest BCUT2D eigenvalue weighted by Crippen LogP contribution is 2.25. The highest BCUT2D eigenvalue weighted by Gasteiger charge is 2.14. The van der Waals surface area contributed by atoms with E-state index in [1.807, 2.05) is 31.2 Å². The van der Waals surface area contributed by atoms with Gasteiger partial charge in [0.2, 0.25) is 5.91 Å². The SMILES string of the molecule is Cc1ccc(OCc2nc(CC(=O)Nc3cc(S(C)(=O)=O)ccc3Cl)cs2)cc1. The predicted octanol–water partition coefficient (Wildman–Crippen LogP) is 4.27. The van der Waals surface area contributed by atoms with E-state index in [0.717, 1.165) is 22.6 Å². The normalized spacial score (nSPS) is 11.3. The van der Waals surface area contributed by atoms with Gasteiger partial charge in [-0.1, -0.05) is 29.3 Å². The Kier molecular flexibility index (Phi) is 6.56. The number of aryl methyl sites for hydroxylation is 1. The van der Waals surface area contributed by atoms with E-state index in [-0.39, 0.29) is 27.9 Å². The number of amides is 1. The molecule has 0 aliphatic heterocycles. The predicted molar refractivity (Wildman–Crippen MR) is 115 cm³/mol. The number of hydrogen-bond acceptors (Lipinski definition) is 6. The van der Waals surface area contributed by atoms with Gasteiger partial charge in [-0.2, -0.15) is 0 Å². The third-order valence-corrected chi connectivity index (χ3v) is 6.28. The van der Waals surface area contributed by atoms with Crippen molar-refractivity contribution in [2.45, 2.75) is 24.8 Å². The van der Waals surface area contributed by atoms with Crippen molar-refractivity contribution in [3.63, 3.8) is 0 Å². The van der Waals surface area contributed by atoms with Crippen molar-refractivity contribution in [3.8, 4) is 5.75 Å². The van der Waals surface area contributed by atoms with Crippen LogP contribution in [0, 0.1) is 6.92 Å². The second kappa shape index (κ2) is 8.94. The van der Waals surface area contributed by atoms with Crippen LogP contribution in [-0.4, -0.2) is 25.6 Å². The van der Waals surface area contributed by atoms with E-state index in [0.29, 0.717) is 12.3 Å². The van der Waals surface area contributed by atoms with E-state index in [4.69, 9.17) is 16.3 Å². The molecule has 0 bridgehead atoms. The Labute approximate surface area is 178 Å². The van der Waals surface area contributed by atoms with Crippen molar-refractivity contribution in [1.29, 1.82) is 0 Å². The van der Waals surface area contributed by atoms with Gasteiger partial charge in [-0.3, -0.25) is 4.79 Å². The van der Waals surface area contributed by atoms with Gasteiger partial charge in [0.1, 0.15) is 17.4 Å². The quantitative estimate of drug-likeness (QED) is 0.581. The maximum Gasteiger partial charge on any atom is 0.230 e. The highest BCUT2D eigenvalue weighted by atomic mass is 35.5. The summed E-state index contributed by atoms with van der Waals surface area (Å²) in [5.74, 6) is 0.416. The smallest absolute Gasteiger partial charge is 0.230 e. The lowest BCUT2D eigenvalue weighted by atomic mass is 10.2. The molecule has 0 spiro atoms. The van der Waals surface area contributed by atoms with Gasteiger partial charge in [-0.05, 0) is 37.3 Å². The number of hydrogen-bond donors (Lipinski definition) is 1. The van der Waals surface area contributed by atoms with Crippen LogP contribution in [0.3, 0.4) is 0 Å². The number of ether oxygens (including phenoxy) is 1. The first kappa shape index (κ1) is 21.3. The van der Waals surface area contributed by atoms with Gasteiger partial charge >= 0.3 is 0 Å². The van der Waals surface area contributed by atoms with Crippen LogP contribution < -0.4 is 10.1 Å². The van der Waals surface area contributed by atoms with E-state index in [9.17, 15) is 13.2 Å². The molecule has 0 radical (unpaired) electrons. The molecular formula is C20H19ClN2O4S2. The summed E-state index contributed by atoms with van der Waals surface area (Å²) in [7, 11) is -3.40. The third-order valence-electron chi connectivity index (χ3n) is 3.96. The minimum Gasteiger partial charge on any atom is -0.486 e. The molecule has 152 valence electrons. The van der Waals surface area contributed by atoms with Crippen LogP contribution >= 0.6 is 22.9 Å². The molecule has 0 aliphatic rings. The van der Waals surface area contributed by atoms with Crippen LogP contribution in [0.2, 0.25) is 5.02 Å². The summed E-state index contributed by atoms with van der Waals surface area (Å²) in [5, 5.41) is 5.45. The first-order valence-corrected chi connectivity index (χ1v) is 11.8. The van der Waals surface area contributed by atoms with E-state index >= 15 is 0 Å². The Bertz CT molecular complexity index is 1130. The topological polar surface area (TPSA) is 85.4 Å². The Morgan fingerprint density at radius 2 is 1.93 bits per heavy atom. The van der Waals surface area contributed by atoms with Crippen LogP contribution in [-0.2, 0) is 27.7 Å². The molecule has 1 amide bonds. The zero-order valence-electron chi connectivity index (χ0n) is 15.8. The van der Waals surface area contributed by atoms with Crippen molar-refractivity contribution >= 4 is 44.4 Å². The Morgan fingerprint density at radius 3 is 2.62 bits per heavy atom. The van der Waals surface area contributed by atoms with Crippen LogP contribution in [0.4, 0.5) is 5.69 Å². The summed E-state index contributed by atoms with van der Waals surface area (Å²) in [4.78, 5) is 16.8. The van der Waals surface area contributed by atoms with E-state index in [1.165, 1.54) is 29.5 Å². The molecule has 0 unspecified atom stereocenters. The van der Waals surface area contributed by atoms with Crippen molar-refractivity contribution in [1.82, 2.24) is 4.98 Å². The van der Waals surface area contributed by atoms with Crippen LogP contribution in [0.15, 0.2) is 52.7 Å². The fourth-order valence-corrected chi connectivity index (χ4v) is 3.98. The van der Waals surface area contributed by atoms with Gasteiger partial charge in [0, 0.05) is 11.6 Å². The largest absolute Gasteiger partial charge is 0.486 e. The Hall–Kier alpha value is -2.42. The Balaban J connectivity index is 1.60. The van der Waals surface area contributed by atoms with Crippen molar-refractivity contribution in [2.24, 2.45) is 0 Å². The molecule has 3 aromatic rings. The Morgan fingerprint density at radius 1 is 1.21 bits per heavy atom. The molecule has 0 saturated heterocycles. The highest BCUT2D eigenvalue weighted by molar-refractivity contribution is 7.90. The van der Waals surface area contributed by atoms with E-state index in [2.05, 4.69) is 10.3 Å². The molecule has 0 aliphatic carbocycles. The monoisotopic (exact) mass is 450 g/mol.